The van der Waals surface area contributed by atoms with Gasteiger partial charge < -0.3 is 10.0 Å². The van der Waals surface area contributed by atoms with Crippen LogP contribution in [-0.2, 0) is 0 Å². The molecule has 5 nitrogen and oxygen atoms in total. The molecule has 0 spiro atoms. The molecule has 1 aromatic heterocycles. The van der Waals surface area contributed by atoms with Gasteiger partial charge in [-0.1, -0.05) is 20.8 Å². The Bertz CT molecular complexity index is 474. The fraction of sp³-hybridized carbons (Fsp3) is 0.643. The van der Waals surface area contributed by atoms with E-state index in [2.05, 4.69) is 21.8 Å². The summed E-state index contributed by atoms with van der Waals surface area (Å²) < 4.78 is 0. The summed E-state index contributed by atoms with van der Waals surface area (Å²) in [6.07, 6.45) is 3.96. The van der Waals surface area contributed by atoms with E-state index < -0.39 is 5.97 Å². The zero-order chi connectivity index (χ0) is 14.0. The molecule has 19 heavy (non-hydrogen) atoms. The third-order valence-electron chi connectivity index (χ3n) is 3.50. The molecular formula is C14H21N3O2. The third-order valence-corrected chi connectivity index (χ3v) is 3.50. The summed E-state index contributed by atoms with van der Waals surface area (Å²) in [6, 6.07) is 0. The van der Waals surface area contributed by atoms with E-state index in [9.17, 15) is 9.90 Å². The van der Waals surface area contributed by atoms with Crippen molar-refractivity contribution in [3.63, 3.8) is 0 Å². The maximum absolute atomic E-state index is 11.4. The number of carbonyl (C=O) groups is 1. The summed E-state index contributed by atoms with van der Waals surface area (Å²) in [5.74, 6) is 0.330. The molecule has 1 unspecified atom stereocenters. The SMILES string of the molecule is CC1CCCN(c2cnc(C(C)C)nc2C(=O)O)C1. The van der Waals surface area contributed by atoms with Crippen molar-refractivity contribution in [3.05, 3.63) is 17.7 Å². The highest BCUT2D eigenvalue weighted by Gasteiger charge is 2.23. The summed E-state index contributed by atoms with van der Waals surface area (Å²) in [5, 5.41) is 9.35. The summed E-state index contributed by atoms with van der Waals surface area (Å²) in [4.78, 5) is 22.0. The van der Waals surface area contributed by atoms with Crippen molar-refractivity contribution < 1.29 is 9.90 Å². The van der Waals surface area contributed by atoms with Gasteiger partial charge in [-0.15, -0.1) is 0 Å². The zero-order valence-corrected chi connectivity index (χ0v) is 11.8. The normalized spacial score (nSPS) is 19.8. The molecule has 2 heterocycles. The average molecular weight is 263 g/mol. The minimum Gasteiger partial charge on any atom is -0.476 e. The maximum atomic E-state index is 11.4. The number of hydrogen-bond acceptors (Lipinski definition) is 4. The maximum Gasteiger partial charge on any atom is 0.356 e. The number of anilines is 1. The van der Waals surface area contributed by atoms with Gasteiger partial charge >= 0.3 is 5.97 Å². The van der Waals surface area contributed by atoms with Crippen LogP contribution in [0.5, 0.6) is 0 Å². The highest BCUT2D eigenvalue weighted by Crippen LogP contribution is 2.25. The summed E-state index contributed by atoms with van der Waals surface area (Å²) in [5.41, 5.74) is 0.788. The van der Waals surface area contributed by atoms with E-state index in [1.165, 1.54) is 6.42 Å². The molecule has 0 aromatic carbocycles. The van der Waals surface area contributed by atoms with Crippen LogP contribution < -0.4 is 4.90 Å². The number of hydrogen-bond donors (Lipinski definition) is 1. The third kappa shape index (κ3) is 3.03. The van der Waals surface area contributed by atoms with E-state index in [4.69, 9.17) is 0 Å². The molecule has 2 rings (SSSR count). The van der Waals surface area contributed by atoms with Crippen LogP contribution in [0, 0.1) is 5.92 Å². The van der Waals surface area contributed by atoms with E-state index in [1.54, 1.807) is 6.20 Å². The molecule has 1 fully saturated rings. The Hall–Kier alpha value is -1.65. The smallest absolute Gasteiger partial charge is 0.356 e. The van der Waals surface area contributed by atoms with Gasteiger partial charge in [-0.25, -0.2) is 14.8 Å². The van der Waals surface area contributed by atoms with Crippen LogP contribution in [0.3, 0.4) is 0 Å². The van der Waals surface area contributed by atoms with Crippen LogP contribution in [0.25, 0.3) is 0 Å². The molecule has 0 aliphatic carbocycles. The second-order valence-electron chi connectivity index (χ2n) is 5.62. The van der Waals surface area contributed by atoms with E-state index in [1.807, 2.05) is 13.8 Å². The number of carboxylic acids is 1. The predicted molar refractivity (Wildman–Crippen MR) is 73.7 cm³/mol. The molecule has 0 amide bonds. The molecule has 0 saturated carbocycles. The van der Waals surface area contributed by atoms with Gasteiger partial charge in [0.05, 0.1) is 11.9 Å². The van der Waals surface area contributed by atoms with E-state index in [0.717, 1.165) is 19.5 Å². The van der Waals surface area contributed by atoms with Gasteiger partial charge in [0.25, 0.3) is 0 Å². The van der Waals surface area contributed by atoms with Crippen molar-refractivity contribution in [2.75, 3.05) is 18.0 Å². The quantitative estimate of drug-likeness (QED) is 0.907. The molecular weight excluding hydrogens is 242 g/mol. The van der Waals surface area contributed by atoms with Crippen LogP contribution in [0.1, 0.15) is 55.8 Å². The minimum atomic E-state index is -0.975. The molecule has 1 atom stereocenters. The fourth-order valence-electron chi connectivity index (χ4n) is 2.46. The lowest BCUT2D eigenvalue weighted by Crippen LogP contribution is -2.35. The van der Waals surface area contributed by atoms with Crippen molar-refractivity contribution >= 4 is 11.7 Å². The minimum absolute atomic E-state index is 0.132. The van der Waals surface area contributed by atoms with Gasteiger partial charge in [-0.2, -0.15) is 0 Å². The predicted octanol–water partition coefficient (Wildman–Crippen LogP) is 2.53. The van der Waals surface area contributed by atoms with Gasteiger partial charge in [-0.3, -0.25) is 0 Å². The van der Waals surface area contributed by atoms with Crippen molar-refractivity contribution in [2.24, 2.45) is 5.92 Å². The molecule has 5 heteroatoms. The molecule has 0 bridgehead atoms. The first-order valence-corrected chi connectivity index (χ1v) is 6.84. The van der Waals surface area contributed by atoms with Gasteiger partial charge in [0, 0.05) is 19.0 Å². The Balaban J connectivity index is 2.36. The highest BCUT2D eigenvalue weighted by atomic mass is 16.4. The number of nitrogens with zero attached hydrogens (tertiary/aromatic N) is 3. The van der Waals surface area contributed by atoms with Crippen LogP contribution in [0.2, 0.25) is 0 Å². The first-order valence-electron chi connectivity index (χ1n) is 6.84. The van der Waals surface area contributed by atoms with Crippen LogP contribution in [-0.4, -0.2) is 34.1 Å². The lowest BCUT2D eigenvalue weighted by Gasteiger charge is -2.33. The Morgan fingerprint density at radius 2 is 2.26 bits per heavy atom. The average Bonchev–Trinajstić information content (AvgIpc) is 2.37. The second-order valence-corrected chi connectivity index (χ2v) is 5.62. The Morgan fingerprint density at radius 3 is 2.84 bits per heavy atom. The molecule has 0 radical (unpaired) electrons. The molecule has 104 valence electrons. The van der Waals surface area contributed by atoms with Crippen LogP contribution in [0.4, 0.5) is 5.69 Å². The van der Waals surface area contributed by atoms with Crippen molar-refractivity contribution in [1.29, 1.82) is 0 Å². The number of carboxylic acid groups (broad SMARTS) is 1. The van der Waals surface area contributed by atoms with Crippen LogP contribution in [0.15, 0.2) is 6.20 Å². The number of piperidine rings is 1. The Morgan fingerprint density at radius 1 is 1.53 bits per heavy atom. The van der Waals surface area contributed by atoms with E-state index >= 15 is 0 Å². The number of aromatic carboxylic acids is 1. The summed E-state index contributed by atoms with van der Waals surface area (Å²) >= 11 is 0. The second kappa shape index (κ2) is 5.55. The largest absolute Gasteiger partial charge is 0.476 e. The topological polar surface area (TPSA) is 66.3 Å². The van der Waals surface area contributed by atoms with Gasteiger partial charge in [0.1, 0.15) is 5.82 Å². The summed E-state index contributed by atoms with van der Waals surface area (Å²) in [6.45, 7) is 7.88. The van der Waals surface area contributed by atoms with Gasteiger partial charge in [0.2, 0.25) is 0 Å². The zero-order valence-electron chi connectivity index (χ0n) is 11.8. The first-order chi connectivity index (χ1) is 8.99. The van der Waals surface area contributed by atoms with E-state index in [-0.39, 0.29) is 11.6 Å². The lowest BCUT2D eigenvalue weighted by molar-refractivity contribution is 0.0690. The molecule has 1 saturated heterocycles. The highest BCUT2D eigenvalue weighted by molar-refractivity contribution is 5.92. The number of aromatic nitrogens is 2. The molecule has 1 aliphatic rings. The fourth-order valence-corrected chi connectivity index (χ4v) is 2.46. The molecule has 1 aliphatic heterocycles. The Kier molecular flexibility index (Phi) is 4.02. The Labute approximate surface area is 113 Å². The van der Waals surface area contributed by atoms with Gasteiger partial charge in [-0.05, 0) is 18.8 Å². The first kappa shape index (κ1) is 13.8. The van der Waals surface area contributed by atoms with Crippen LogP contribution >= 0.6 is 0 Å². The van der Waals surface area contributed by atoms with Gasteiger partial charge in [0.15, 0.2) is 5.69 Å². The lowest BCUT2D eigenvalue weighted by atomic mass is 10.00. The monoisotopic (exact) mass is 263 g/mol. The van der Waals surface area contributed by atoms with Crippen molar-refractivity contribution in [3.8, 4) is 0 Å². The number of rotatable bonds is 3. The standard InChI is InChI=1S/C14H21N3O2/c1-9(2)13-15-7-11(12(16-13)14(18)19)17-6-4-5-10(3)8-17/h7,9-10H,4-6,8H2,1-3H3,(H,18,19). The van der Waals surface area contributed by atoms with Crippen molar-refractivity contribution in [1.82, 2.24) is 9.97 Å². The molecule has 1 aromatic rings. The summed E-state index contributed by atoms with van der Waals surface area (Å²) in [7, 11) is 0. The van der Waals surface area contributed by atoms with Crippen molar-refractivity contribution in [2.45, 2.75) is 39.5 Å². The van der Waals surface area contributed by atoms with E-state index in [0.29, 0.717) is 17.4 Å². The molecule has 1 N–H and O–H groups in total.